The third kappa shape index (κ3) is 5.26. The smallest absolute Gasteiger partial charge is 0.407 e. The maximum Gasteiger partial charge on any atom is 0.407 e. The molecule has 0 bridgehead atoms. The molecule has 32 heavy (non-hydrogen) atoms. The van der Waals surface area contributed by atoms with Crippen molar-refractivity contribution >= 4 is 18.0 Å². The van der Waals surface area contributed by atoms with Crippen molar-refractivity contribution in [3.8, 4) is 11.1 Å². The molecule has 0 fully saturated rings. The van der Waals surface area contributed by atoms with Gasteiger partial charge in [0.15, 0.2) is 0 Å². The number of carboxylic acids is 1. The monoisotopic (exact) mass is 440 g/mol. The molecule has 0 saturated heterocycles. The van der Waals surface area contributed by atoms with Crippen molar-refractivity contribution in [2.75, 3.05) is 20.3 Å². The normalized spacial score (nSPS) is 14.1. The first kappa shape index (κ1) is 23.3. The molecule has 2 amide bonds. The Morgan fingerprint density at radius 1 is 0.969 bits per heavy atom. The van der Waals surface area contributed by atoms with Gasteiger partial charge in [0.2, 0.25) is 5.91 Å². The Kier molecular flexibility index (Phi) is 7.83. The molecule has 3 rings (SSSR count). The number of hydrogen-bond donors (Lipinski definition) is 3. The summed E-state index contributed by atoms with van der Waals surface area (Å²) < 4.78 is 10.5. The molecule has 0 heterocycles. The van der Waals surface area contributed by atoms with E-state index < -0.39 is 30.1 Å². The molecule has 1 unspecified atom stereocenters. The molecule has 1 aliphatic carbocycles. The Balaban J connectivity index is 1.65. The third-order valence-corrected chi connectivity index (χ3v) is 5.59. The summed E-state index contributed by atoms with van der Waals surface area (Å²) in [5, 5.41) is 14.2. The standard InChI is InChI=1S/C24H28N2O6/c1-3-20(23(28)29)25-22(27)21(12-13-31-2)26-24(30)32-14-19-17-10-6-4-8-15(17)16-9-5-7-11-18(16)19/h4-11,19-21H,3,12-14H2,1-2H3,(H,25,27)(H,26,30)(H,28,29)/t20-,21?/m1/s1. The molecule has 0 radical (unpaired) electrons. The molecular weight excluding hydrogens is 412 g/mol. The summed E-state index contributed by atoms with van der Waals surface area (Å²) in [6, 6.07) is 14.0. The van der Waals surface area contributed by atoms with Crippen LogP contribution in [0.3, 0.4) is 0 Å². The van der Waals surface area contributed by atoms with Crippen molar-refractivity contribution in [2.24, 2.45) is 0 Å². The van der Waals surface area contributed by atoms with E-state index in [2.05, 4.69) is 10.6 Å². The quantitative estimate of drug-likeness (QED) is 0.524. The van der Waals surface area contributed by atoms with E-state index in [4.69, 9.17) is 9.47 Å². The highest BCUT2D eigenvalue weighted by atomic mass is 16.5. The average molecular weight is 440 g/mol. The van der Waals surface area contributed by atoms with E-state index in [1.54, 1.807) is 6.92 Å². The van der Waals surface area contributed by atoms with Crippen LogP contribution in [0, 0.1) is 0 Å². The number of fused-ring (bicyclic) bond motifs is 3. The third-order valence-electron chi connectivity index (χ3n) is 5.59. The van der Waals surface area contributed by atoms with Gasteiger partial charge < -0.3 is 25.2 Å². The fourth-order valence-corrected chi connectivity index (χ4v) is 3.90. The lowest BCUT2D eigenvalue weighted by Crippen LogP contribution is -2.52. The van der Waals surface area contributed by atoms with Gasteiger partial charge in [0.1, 0.15) is 18.7 Å². The molecule has 0 aromatic heterocycles. The largest absolute Gasteiger partial charge is 0.480 e. The molecule has 0 saturated carbocycles. The number of carboxylic acid groups (broad SMARTS) is 1. The second-order valence-corrected chi connectivity index (χ2v) is 7.61. The Bertz CT molecular complexity index is 931. The van der Waals surface area contributed by atoms with Crippen LogP contribution in [-0.2, 0) is 19.1 Å². The first-order valence-corrected chi connectivity index (χ1v) is 10.6. The Hall–Kier alpha value is -3.39. The zero-order chi connectivity index (χ0) is 23.1. The first-order valence-electron chi connectivity index (χ1n) is 10.6. The number of alkyl carbamates (subject to hydrolysis) is 1. The van der Waals surface area contributed by atoms with Gasteiger partial charge in [-0.1, -0.05) is 55.5 Å². The highest BCUT2D eigenvalue weighted by Crippen LogP contribution is 2.44. The van der Waals surface area contributed by atoms with Gasteiger partial charge >= 0.3 is 12.1 Å². The van der Waals surface area contributed by atoms with Crippen molar-refractivity contribution in [2.45, 2.75) is 37.8 Å². The van der Waals surface area contributed by atoms with E-state index in [9.17, 15) is 19.5 Å². The van der Waals surface area contributed by atoms with Crippen LogP contribution in [0.15, 0.2) is 48.5 Å². The second kappa shape index (κ2) is 10.8. The summed E-state index contributed by atoms with van der Waals surface area (Å²) in [6.07, 6.45) is -0.336. The Morgan fingerprint density at radius 2 is 1.56 bits per heavy atom. The molecule has 3 N–H and O–H groups in total. The lowest BCUT2D eigenvalue weighted by molar-refractivity contribution is -0.142. The molecule has 0 aliphatic heterocycles. The topological polar surface area (TPSA) is 114 Å². The van der Waals surface area contributed by atoms with Crippen LogP contribution in [0.4, 0.5) is 4.79 Å². The number of ether oxygens (including phenoxy) is 2. The summed E-state index contributed by atoms with van der Waals surface area (Å²) in [5.41, 5.74) is 4.41. The molecule has 1 aliphatic rings. The maximum absolute atomic E-state index is 12.5. The zero-order valence-corrected chi connectivity index (χ0v) is 18.2. The van der Waals surface area contributed by atoms with Gasteiger partial charge in [-0.25, -0.2) is 9.59 Å². The fraction of sp³-hybridized carbons (Fsp3) is 0.375. The van der Waals surface area contributed by atoms with Gasteiger partial charge in [-0.15, -0.1) is 0 Å². The van der Waals surface area contributed by atoms with Crippen LogP contribution >= 0.6 is 0 Å². The lowest BCUT2D eigenvalue weighted by atomic mass is 9.98. The Morgan fingerprint density at radius 3 is 2.09 bits per heavy atom. The molecular formula is C24H28N2O6. The van der Waals surface area contributed by atoms with E-state index in [1.807, 2.05) is 48.5 Å². The summed E-state index contributed by atoms with van der Waals surface area (Å²) >= 11 is 0. The van der Waals surface area contributed by atoms with E-state index in [0.29, 0.717) is 0 Å². The van der Waals surface area contributed by atoms with E-state index >= 15 is 0 Å². The number of aliphatic carboxylic acids is 1. The number of methoxy groups -OCH3 is 1. The summed E-state index contributed by atoms with van der Waals surface area (Å²) in [7, 11) is 1.48. The SMILES string of the molecule is CC[C@@H](NC(=O)C(CCOC)NC(=O)OCC1c2ccccc2-c2ccccc21)C(=O)O. The van der Waals surface area contributed by atoms with Crippen LogP contribution < -0.4 is 10.6 Å². The van der Waals surface area contributed by atoms with E-state index in [1.165, 1.54) is 7.11 Å². The minimum Gasteiger partial charge on any atom is -0.480 e. The van der Waals surface area contributed by atoms with Gasteiger partial charge in [-0.3, -0.25) is 4.79 Å². The van der Waals surface area contributed by atoms with Gasteiger partial charge in [-0.05, 0) is 28.7 Å². The van der Waals surface area contributed by atoms with Crippen molar-refractivity contribution in [3.05, 3.63) is 59.7 Å². The van der Waals surface area contributed by atoms with Gasteiger partial charge in [0, 0.05) is 26.1 Å². The number of amides is 2. The fourth-order valence-electron chi connectivity index (χ4n) is 3.90. The molecule has 2 atom stereocenters. The maximum atomic E-state index is 12.5. The number of carbonyl (C=O) groups is 3. The van der Waals surface area contributed by atoms with Crippen molar-refractivity contribution in [1.82, 2.24) is 10.6 Å². The van der Waals surface area contributed by atoms with Gasteiger partial charge in [0.25, 0.3) is 0 Å². The van der Waals surface area contributed by atoms with Crippen LogP contribution in [0.5, 0.6) is 0 Å². The highest BCUT2D eigenvalue weighted by molar-refractivity contribution is 5.89. The van der Waals surface area contributed by atoms with E-state index in [-0.39, 0.29) is 32.0 Å². The molecule has 2 aromatic carbocycles. The van der Waals surface area contributed by atoms with Crippen molar-refractivity contribution in [1.29, 1.82) is 0 Å². The summed E-state index contributed by atoms with van der Waals surface area (Å²) in [5.74, 6) is -1.83. The van der Waals surface area contributed by atoms with Crippen LogP contribution in [0.2, 0.25) is 0 Å². The molecule has 8 nitrogen and oxygen atoms in total. The molecule has 2 aromatic rings. The zero-order valence-electron chi connectivity index (χ0n) is 18.2. The number of benzene rings is 2. The molecule has 170 valence electrons. The first-order chi connectivity index (χ1) is 15.5. The van der Waals surface area contributed by atoms with Crippen molar-refractivity contribution < 1.29 is 29.0 Å². The minimum atomic E-state index is -1.13. The van der Waals surface area contributed by atoms with Gasteiger partial charge in [0.05, 0.1) is 0 Å². The predicted octanol–water partition coefficient (Wildman–Crippen LogP) is 2.91. The van der Waals surface area contributed by atoms with Crippen LogP contribution in [0.25, 0.3) is 11.1 Å². The highest BCUT2D eigenvalue weighted by Gasteiger charge is 2.30. The predicted molar refractivity (Wildman–Crippen MR) is 118 cm³/mol. The number of nitrogens with one attached hydrogen (secondary N) is 2. The second-order valence-electron chi connectivity index (χ2n) is 7.61. The minimum absolute atomic E-state index is 0.101. The summed E-state index contributed by atoms with van der Waals surface area (Å²) in [6.45, 7) is 1.99. The summed E-state index contributed by atoms with van der Waals surface area (Å²) in [4.78, 5) is 36.3. The van der Waals surface area contributed by atoms with Crippen molar-refractivity contribution in [3.63, 3.8) is 0 Å². The van der Waals surface area contributed by atoms with E-state index in [0.717, 1.165) is 22.3 Å². The van der Waals surface area contributed by atoms with Gasteiger partial charge in [-0.2, -0.15) is 0 Å². The number of rotatable bonds is 10. The Labute approximate surface area is 186 Å². The van der Waals surface area contributed by atoms with Crippen LogP contribution in [-0.4, -0.2) is 55.5 Å². The number of carbonyl (C=O) groups excluding carboxylic acids is 2. The average Bonchev–Trinajstić information content (AvgIpc) is 3.12. The van der Waals surface area contributed by atoms with Crippen LogP contribution in [0.1, 0.15) is 36.8 Å². The lowest BCUT2D eigenvalue weighted by Gasteiger charge is -2.21. The molecule has 0 spiro atoms. The molecule has 8 heteroatoms. The number of hydrogen-bond acceptors (Lipinski definition) is 5.